The van der Waals surface area contributed by atoms with Crippen LogP contribution in [-0.4, -0.2) is 11.1 Å². The first-order chi connectivity index (χ1) is 15.8. The molecular weight excluding hydrogens is 543 g/mol. The van der Waals surface area contributed by atoms with Crippen LogP contribution in [0.4, 0.5) is 0 Å². The van der Waals surface area contributed by atoms with Gasteiger partial charge in [0, 0.05) is 0 Å². The second-order valence-electron chi connectivity index (χ2n) is 8.02. The maximum atomic E-state index is 12.7. The Morgan fingerprint density at radius 3 is 1.82 bits per heavy atom. The van der Waals surface area contributed by atoms with E-state index in [2.05, 4.69) is 60.7 Å². The van der Waals surface area contributed by atoms with Crippen LogP contribution in [0.25, 0.3) is 0 Å². The third kappa shape index (κ3) is 5.42. The minimum Gasteiger partial charge on any atom is -0.507 e. The standard InChI is InChI=1S/C28H23IO3S/c1-28(2,32-27(31)20-13-18-25(29)26(30)19-20)21-14-16-24(17-15-21)33(22-9-5-3-6-10-22)23-11-7-4-8-12-23/h3-19H,1-2H3/p+1. The van der Waals surface area contributed by atoms with Crippen molar-refractivity contribution in [3.05, 3.63) is 118 Å². The number of rotatable bonds is 6. The summed E-state index contributed by atoms with van der Waals surface area (Å²) in [6, 6.07) is 34.1. The fourth-order valence-electron chi connectivity index (χ4n) is 3.50. The number of halogens is 1. The van der Waals surface area contributed by atoms with Gasteiger partial charge in [0.15, 0.2) is 14.7 Å². The van der Waals surface area contributed by atoms with Gasteiger partial charge in [-0.25, -0.2) is 4.79 Å². The van der Waals surface area contributed by atoms with Gasteiger partial charge in [0.2, 0.25) is 0 Å². The number of hydrogen-bond acceptors (Lipinski definition) is 3. The molecule has 0 amide bonds. The Hall–Kier alpha value is -2.77. The first kappa shape index (κ1) is 23.4. The third-order valence-electron chi connectivity index (χ3n) is 5.27. The van der Waals surface area contributed by atoms with E-state index in [0.29, 0.717) is 9.13 Å². The number of carbonyl (C=O) groups excluding carboxylic acids is 1. The molecule has 0 fully saturated rings. The van der Waals surface area contributed by atoms with Crippen LogP contribution in [-0.2, 0) is 21.2 Å². The first-order valence-electron chi connectivity index (χ1n) is 10.5. The van der Waals surface area contributed by atoms with Crippen molar-refractivity contribution >= 4 is 39.5 Å². The molecule has 33 heavy (non-hydrogen) atoms. The Kier molecular flexibility index (Phi) is 7.10. The van der Waals surface area contributed by atoms with Crippen molar-refractivity contribution in [2.75, 3.05) is 0 Å². The largest absolute Gasteiger partial charge is 0.507 e. The van der Waals surface area contributed by atoms with Gasteiger partial charge in [0.05, 0.1) is 20.0 Å². The number of ether oxygens (including phenoxy) is 1. The molecule has 0 spiro atoms. The Balaban J connectivity index is 1.60. The van der Waals surface area contributed by atoms with E-state index in [4.69, 9.17) is 4.74 Å². The number of hydrogen-bond donors (Lipinski definition) is 1. The van der Waals surface area contributed by atoms with Crippen molar-refractivity contribution in [3.63, 3.8) is 0 Å². The predicted molar refractivity (Wildman–Crippen MR) is 141 cm³/mol. The Morgan fingerprint density at radius 1 is 0.788 bits per heavy atom. The molecule has 0 aromatic heterocycles. The number of benzene rings is 4. The van der Waals surface area contributed by atoms with Crippen LogP contribution in [0.5, 0.6) is 5.75 Å². The normalized spacial score (nSPS) is 11.4. The van der Waals surface area contributed by atoms with Crippen LogP contribution in [0, 0.1) is 3.57 Å². The van der Waals surface area contributed by atoms with E-state index in [1.165, 1.54) is 20.8 Å². The van der Waals surface area contributed by atoms with Crippen LogP contribution < -0.4 is 0 Å². The summed E-state index contributed by atoms with van der Waals surface area (Å²) in [6.07, 6.45) is 0. The van der Waals surface area contributed by atoms with Crippen LogP contribution >= 0.6 is 22.6 Å². The molecule has 0 aliphatic rings. The van der Waals surface area contributed by atoms with Gasteiger partial charge in [0.1, 0.15) is 11.4 Å². The molecule has 0 unspecified atom stereocenters. The highest BCUT2D eigenvalue weighted by molar-refractivity contribution is 14.1. The minimum absolute atomic E-state index is 0.0704. The van der Waals surface area contributed by atoms with Crippen molar-refractivity contribution in [2.45, 2.75) is 34.1 Å². The van der Waals surface area contributed by atoms with Gasteiger partial charge in [-0.2, -0.15) is 0 Å². The van der Waals surface area contributed by atoms with Crippen LogP contribution in [0.2, 0.25) is 0 Å². The lowest BCUT2D eigenvalue weighted by atomic mass is 9.98. The van der Waals surface area contributed by atoms with E-state index >= 15 is 0 Å². The zero-order valence-electron chi connectivity index (χ0n) is 18.4. The summed E-state index contributed by atoms with van der Waals surface area (Å²) in [5.41, 5.74) is 0.401. The van der Waals surface area contributed by atoms with Gasteiger partial charge >= 0.3 is 5.97 Å². The van der Waals surface area contributed by atoms with Gasteiger partial charge in [-0.15, -0.1) is 0 Å². The van der Waals surface area contributed by atoms with Gasteiger partial charge in [0.25, 0.3) is 0 Å². The van der Waals surface area contributed by atoms with Crippen molar-refractivity contribution < 1.29 is 14.6 Å². The zero-order valence-corrected chi connectivity index (χ0v) is 21.3. The first-order valence-corrected chi connectivity index (χ1v) is 12.8. The van der Waals surface area contributed by atoms with E-state index in [9.17, 15) is 9.90 Å². The molecule has 1 N–H and O–H groups in total. The molecule has 4 aromatic rings. The van der Waals surface area contributed by atoms with E-state index < -0.39 is 11.6 Å². The van der Waals surface area contributed by atoms with E-state index in [0.717, 1.165) is 5.56 Å². The van der Waals surface area contributed by atoms with E-state index in [1.54, 1.807) is 12.1 Å². The molecule has 0 aliphatic heterocycles. The number of aromatic hydroxyl groups is 1. The van der Waals surface area contributed by atoms with Crippen molar-refractivity contribution in [1.29, 1.82) is 0 Å². The lowest BCUT2D eigenvalue weighted by Gasteiger charge is -2.26. The second kappa shape index (κ2) is 10.0. The molecule has 0 atom stereocenters. The molecule has 166 valence electrons. The van der Waals surface area contributed by atoms with E-state index in [-0.39, 0.29) is 16.6 Å². The van der Waals surface area contributed by atoms with Crippen molar-refractivity contribution in [2.24, 2.45) is 0 Å². The minimum atomic E-state index is -0.827. The smallest absolute Gasteiger partial charge is 0.339 e. The SMILES string of the molecule is CC(C)(OC(=O)c1ccc(I)c(O)c1)c1ccc([S+](c2ccccc2)c2ccccc2)cc1. The molecule has 0 bridgehead atoms. The molecule has 0 heterocycles. The van der Waals surface area contributed by atoms with E-state index in [1.807, 2.05) is 60.7 Å². The van der Waals surface area contributed by atoms with Gasteiger partial charge in [-0.05, 0) is 96.6 Å². The van der Waals surface area contributed by atoms with Crippen molar-refractivity contribution in [1.82, 2.24) is 0 Å². The number of phenols is 1. The number of carbonyl (C=O) groups is 1. The maximum Gasteiger partial charge on any atom is 0.339 e. The maximum absolute atomic E-state index is 12.7. The fourth-order valence-corrected chi connectivity index (χ4v) is 5.92. The van der Waals surface area contributed by atoms with Gasteiger partial charge < -0.3 is 9.84 Å². The Labute approximate surface area is 210 Å². The summed E-state index contributed by atoms with van der Waals surface area (Å²) < 4.78 is 6.51. The molecule has 4 aromatic carbocycles. The van der Waals surface area contributed by atoms with Crippen molar-refractivity contribution in [3.8, 4) is 5.75 Å². The monoisotopic (exact) mass is 567 g/mol. The summed E-state index contributed by atoms with van der Waals surface area (Å²) in [4.78, 5) is 16.4. The second-order valence-corrected chi connectivity index (χ2v) is 11.2. The summed E-state index contributed by atoms with van der Waals surface area (Å²) >= 11 is 2.02. The highest BCUT2D eigenvalue weighted by atomic mass is 127. The average molecular weight is 567 g/mol. The highest BCUT2D eigenvalue weighted by Crippen LogP contribution is 2.33. The third-order valence-corrected chi connectivity index (χ3v) is 8.42. The van der Waals surface area contributed by atoms with Crippen LogP contribution in [0.3, 0.4) is 0 Å². The molecule has 0 saturated heterocycles. The molecule has 3 nitrogen and oxygen atoms in total. The lowest BCUT2D eigenvalue weighted by molar-refractivity contribution is -0.00319. The summed E-state index contributed by atoms with van der Waals surface area (Å²) in [6.45, 7) is 3.75. The molecule has 0 aliphatic carbocycles. The Bertz CT molecular complexity index is 1200. The lowest BCUT2D eigenvalue weighted by Crippen LogP contribution is -2.25. The highest BCUT2D eigenvalue weighted by Gasteiger charge is 2.31. The summed E-state index contributed by atoms with van der Waals surface area (Å²) in [7, 11) is -0.231. The average Bonchev–Trinajstić information content (AvgIpc) is 2.82. The summed E-state index contributed by atoms with van der Waals surface area (Å²) in [5.74, 6) is -0.398. The number of phenolic OH excluding ortho intramolecular Hbond substituents is 1. The zero-order chi connectivity index (χ0) is 23.4. The Morgan fingerprint density at radius 2 is 1.30 bits per heavy atom. The van der Waals surface area contributed by atoms with Crippen LogP contribution in [0.15, 0.2) is 118 Å². The molecule has 0 saturated carbocycles. The van der Waals surface area contributed by atoms with Gasteiger partial charge in [-0.1, -0.05) is 48.5 Å². The van der Waals surface area contributed by atoms with Gasteiger partial charge in [-0.3, -0.25) is 0 Å². The quantitative estimate of drug-likeness (QED) is 0.153. The molecular formula is C28H24IO3S+. The predicted octanol–water partition coefficient (Wildman–Crippen LogP) is 7.18. The molecule has 4 rings (SSSR count). The fraction of sp³-hybridized carbons (Fsp3) is 0.107. The molecule has 5 heteroatoms. The topological polar surface area (TPSA) is 46.5 Å². The number of esters is 1. The molecule has 0 radical (unpaired) electrons. The van der Waals surface area contributed by atoms with Crippen LogP contribution in [0.1, 0.15) is 29.8 Å². The summed E-state index contributed by atoms with van der Waals surface area (Å²) in [5, 5.41) is 9.92.